The van der Waals surface area contributed by atoms with E-state index in [-0.39, 0.29) is 5.60 Å². The number of thiazole rings is 1. The van der Waals surface area contributed by atoms with Crippen molar-refractivity contribution in [3.63, 3.8) is 0 Å². The molecule has 0 bridgehead atoms. The lowest BCUT2D eigenvalue weighted by atomic mass is 10.1. The Balaban J connectivity index is 2.59. The van der Waals surface area contributed by atoms with Crippen LogP contribution < -0.4 is 5.32 Å². The number of aryl methyl sites for hydroxylation is 2. The number of methoxy groups -OCH3 is 1. The van der Waals surface area contributed by atoms with Crippen LogP contribution in [0, 0.1) is 13.8 Å². The Morgan fingerprint density at radius 2 is 2.06 bits per heavy atom. The average molecular weight is 242 g/mol. The molecule has 0 radical (unpaired) electrons. The number of ether oxygens (including phenoxy) is 1. The van der Waals surface area contributed by atoms with Gasteiger partial charge in [0.25, 0.3) is 0 Å². The van der Waals surface area contributed by atoms with Crippen LogP contribution in [0.15, 0.2) is 0 Å². The van der Waals surface area contributed by atoms with Gasteiger partial charge in [0.15, 0.2) is 0 Å². The predicted molar refractivity (Wildman–Crippen MR) is 69.1 cm³/mol. The number of nitrogens with zero attached hydrogens (tertiary/aromatic N) is 1. The molecule has 1 N–H and O–H groups in total. The zero-order valence-corrected chi connectivity index (χ0v) is 11.9. The predicted octanol–water partition coefficient (Wildman–Crippen LogP) is 2.84. The minimum absolute atomic E-state index is 0.123. The van der Waals surface area contributed by atoms with Crippen molar-refractivity contribution in [2.75, 3.05) is 13.7 Å². The highest BCUT2D eigenvalue weighted by Crippen LogP contribution is 2.24. The van der Waals surface area contributed by atoms with Gasteiger partial charge in [-0.05, 0) is 34.6 Å². The van der Waals surface area contributed by atoms with Crippen LogP contribution in [0.2, 0.25) is 0 Å². The number of hydrogen-bond acceptors (Lipinski definition) is 4. The Bertz CT molecular complexity index is 347. The molecule has 0 aliphatic carbocycles. The SMILES string of the molecule is COC(C)(C)CNC(C)c1sc(C)nc1C. The van der Waals surface area contributed by atoms with Crippen molar-refractivity contribution < 1.29 is 4.74 Å². The van der Waals surface area contributed by atoms with Gasteiger partial charge < -0.3 is 10.1 Å². The van der Waals surface area contributed by atoms with Gasteiger partial charge >= 0.3 is 0 Å². The Kier molecular flexibility index (Phi) is 4.47. The summed E-state index contributed by atoms with van der Waals surface area (Å²) in [5.74, 6) is 0. The molecule has 0 aromatic carbocycles. The van der Waals surface area contributed by atoms with E-state index in [9.17, 15) is 0 Å². The molecule has 1 heterocycles. The molecule has 0 spiro atoms. The second-order valence-corrected chi connectivity index (χ2v) is 5.98. The molecule has 0 fully saturated rings. The van der Waals surface area contributed by atoms with Gasteiger partial charge in [-0.15, -0.1) is 11.3 Å². The van der Waals surface area contributed by atoms with Crippen LogP contribution in [-0.2, 0) is 4.74 Å². The maximum atomic E-state index is 5.38. The van der Waals surface area contributed by atoms with Crippen LogP contribution in [0.1, 0.15) is 42.4 Å². The highest BCUT2D eigenvalue weighted by atomic mass is 32.1. The Morgan fingerprint density at radius 3 is 2.50 bits per heavy atom. The van der Waals surface area contributed by atoms with E-state index in [1.54, 1.807) is 18.4 Å². The molecule has 16 heavy (non-hydrogen) atoms. The van der Waals surface area contributed by atoms with E-state index in [2.05, 4.69) is 38.0 Å². The summed E-state index contributed by atoms with van der Waals surface area (Å²) < 4.78 is 5.38. The number of nitrogens with one attached hydrogen (secondary N) is 1. The van der Waals surface area contributed by atoms with Crippen molar-refractivity contribution in [3.8, 4) is 0 Å². The standard InChI is InChI=1S/C12H22N2OS/c1-8(13-7-12(4,5)15-6)11-9(2)14-10(3)16-11/h8,13H,7H2,1-6H3. The first-order valence-corrected chi connectivity index (χ1v) is 6.40. The molecule has 1 rings (SSSR count). The normalized spacial score (nSPS) is 14.1. The molecule has 0 saturated carbocycles. The smallest absolute Gasteiger partial charge is 0.0900 e. The summed E-state index contributed by atoms with van der Waals surface area (Å²) in [6.07, 6.45) is 0. The monoisotopic (exact) mass is 242 g/mol. The van der Waals surface area contributed by atoms with Gasteiger partial charge in [0.1, 0.15) is 0 Å². The van der Waals surface area contributed by atoms with Gasteiger partial charge in [0.05, 0.1) is 16.3 Å². The first-order chi connectivity index (χ1) is 7.35. The van der Waals surface area contributed by atoms with E-state index >= 15 is 0 Å². The van der Waals surface area contributed by atoms with E-state index < -0.39 is 0 Å². The lowest BCUT2D eigenvalue weighted by Crippen LogP contribution is -2.37. The van der Waals surface area contributed by atoms with Crippen molar-refractivity contribution in [2.24, 2.45) is 0 Å². The summed E-state index contributed by atoms with van der Waals surface area (Å²) in [4.78, 5) is 5.77. The first-order valence-electron chi connectivity index (χ1n) is 5.58. The fourth-order valence-electron chi connectivity index (χ4n) is 1.51. The zero-order valence-electron chi connectivity index (χ0n) is 11.0. The summed E-state index contributed by atoms with van der Waals surface area (Å²) in [6, 6.07) is 0.334. The van der Waals surface area contributed by atoms with E-state index in [4.69, 9.17) is 4.74 Å². The maximum absolute atomic E-state index is 5.38. The third-order valence-corrected chi connectivity index (χ3v) is 3.97. The molecule has 1 atom stereocenters. The molecule has 0 aliphatic rings. The van der Waals surface area contributed by atoms with Gasteiger partial charge in [0, 0.05) is 24.6 Å². The van der Waals surface area contributed by atoms with Gasteiger partial charge in [0.2, 0.25) is 0 Å². The molecule has 0 saturated heterocycles. The molecule has 92 valence electrons. The van der Waals surface area contributed by atoms with E-state index in [0.717, 1.165) is 17.2 Å². The van der Waals surface area contributed by atoms with Crippen LogP contribution in [-0.4, -0.2) is 24.2 Å². The minimum Gasteiger partial charge on any atom is -0.377 e. The lowest BCUT2D eigenvalue weighted by Gasteiger charge is -2.25. The largest absolute Gasteiger partial charge is 0.377 e. The average Bonchev–Trinajstić information content (AvgIpc) is 2.54. The molecule has 3 nitrogen and oxygen atoms in total. The molecule has 4 heteroatoms. The molecular weight excluding hydrogens is 220 g/mol. The Hall–Kier alpha value is -0.450. The highest BCUT2D eigenvalue weighted by molar-refractivity contribution is 7.11. The van der Waals surface area contributed by atoms with Crippen LogP contribution in [0.3, 0.4) is 0 Å². The van der Waals surface area contributed by atoms with Gasteiger partial charge in [-0.25, -0.2) is 4.98 Å². The molecule has 0 aliphatic heterocycles. The van der Waals surface area contributed by atoms with E-state index in [1.807, 2.05) is 6.92 Å². The topological polar surface area (TPSA) is 34.1 Å². The van der Waals surface area contributed by atoms with Crippen molar-refractivity contribution in [3.05, 3.63) is 15.6 Å². The Morgan fingerprint density at radius 1 is 1.44 bits per heavy atom. The second kappa shape index (κ2) is 5.25. The van der Waals surface area contributed by atoms with Crippen LogP contribution in [0.5, 0.6) is 0 Å². The number of hydrogen-bond donors (Lipinski definition) is 1. The van der Waals surface area contributed by atoms with Crippen molar-refractivity contribution in [2.45, 2.75) is 46.3 Å². The first kappa shape index (κ1) is 13.6. The number of aromatic nitrogens is 1. The van der Waals surface area contributed by atoms with Crippen LogP contribution in [0.25, 0.3) is 0 Å². The van der Waals surface area contributed by atoms with Crippen LogP contribution in [0.4, 0.5) is 0 Å². The van der Waals surface area contributed by atoms with Crippen LogP contribution >= 0.6 is 11.3 Å². The zero-order chi connectivity index (χ0) is 12.3. The summed E-state index contributed by atoms with van der Waals surface area (Å²) in [5, 5.41) is 4.62. The molecule has 1 aromatic heterocycles. The molecular formula is C12H22N2OS. The van der Waals surface area contributed by atoms with E-state index in [0.29, 0.717) is 6.04 Å². The quantitative estimate of drug-likeness (QED) is 0.862. The maximum Gasteiger partial charge on any atom is 0.0900 e. The molecule has 1 aromatic rings. The van der Waals surface area contributed by atoms with Gasteiger partial charge in [-0.1, -0.05) is 0 Å². The number of rotatable bonds is 5. The minimum atomic E-state index is -0.123. The van der Waals surface area contributed by atoms with Gasteiger partial charge in [-0.3, -0.25) is 0 Å². The van der Waals surface area contributed by atoms with E-state index in [1.165, 1.54) is 4.88 Å². The van der Waals surface area contributed by atoms with Crippen molar-refractivity contribution in [1.82, 2.24) is 10.3 Å². The Labute approximate surface area is 102 Å². The fraction of sp³-hybridized carbons (Fsp3) is 0.750. The van der Waals surface area contributed by atoms with Crippen molar-refractivity contribution in [1.29, 1.82) is 0 Å². The fourth-order valence-corrected chi connectivity index (χ4v) is 2.47. The highest BCUT2D eigenvalue weighted by Gasteiger charge is 2.19. The van der Waals surface area contributed by atoms with Crippen molar-refractivity contribution >= 4 is 11.3 Å². The summed E-state index contributed by atoms with van der Waals surface area (Å²) >= 11 is 1.77. The summed E-state index contributed by atoms with van der Waals surface area (Å²) in [6.45, 7) is 11.3. The lowest BCUT2D eigenvalue weighted by molar-refractivity contribution is 0.0215. The molecule has 0 amide bonds. The third kappa shape index (κ3) is 3.54. The van der Waals surface area contributed by atoms with Gasteiger partial charge in [-0.2, -0.15) is 0 Å². The molecule has 1 unspecified atom stereocenters. The second-order valence-electron chi connectivity index (χ2n) is 4.75. The summed E-state index contributed by atoms with van der Waals surface area (Å²) in [5.41, 5.74) is 1.01. The third-order valence-electron chi connectivity index (χ3n) is 2.72. The summed E-state index contributed by atoms with van der Waals surface area (Å²) in [7, 11) is 1.74.